The summed E-state index contributed by atoms with van der Waals surface area (Å²) < 4.78 is 2.03. The van der Waals surface area contributed by atoms with Crippen molar-refractivity contribution in [3.8, 4) is 22.6 Å². The second-order valence-corrected chi connectivity index (χ2v) is 10.0. The minimum absolute atomic E-state index is 0.0543. The highest BCUT2D eigenvalue weighted by Crippen LogP contribution is 2.50. The third-order valence-electron chi connectivity index (χ3n) is 7.82. The van der Waals surface area contributed by atoms with Crippen molar-refractivity contribution >= 4 is 28.7 Å². The number of benzene rings is 1. The number of likely N-dealkylation sites (tertiary alicyclic amines) is 1. The maximum atomic E-state index is 13.4. The van der Waals surface area contributed by atoms with E-state index in [2.05, 4.69) is 25.3 Å². The highest BCUT2D eigenvalue weighted by molar-refractivity contribution is 6.09. The van der Waals surface area contributed by atoms with Gasteiger partial charge in [-0.15, -0.1) is 0 Å². The molecule has 3 aromatic heterocycles. The van der Waals surface area contributed by atoms with E-state index in [1.54, 1.807) is 18.7 Å². The number of hydrogen-bond donors (Lipinski definition) is 1. The highest BCUT2D eigenvalue weighted by Gasteiger charge is 2.57. The van der Waals surface area contributed by atoms with Crippen molar-refractivity contribution in [3.05, 3.63) is 48.3 Å². The molecule has 7 rings (SSSR count). The van der Waals surface area contributed by atoms with Crippen LogP contribution < -0.4 is 5.32 Å². The molecule has 37 heavy (non-hydrogen) atoms. The first-order chi connectivity index (χ1) is 18.0. The summed E-state index contributed by atoms with van der Waals surface area (Å²) in [7, 11) is 0. The Labute approximate surface area is 213 Å². The number of anilines is 1. The smallest absolute Gasteiger partial charge is 0.255 e. The van der Waals surface area contributed by atoms with Crippen LogP contribution in [0.3, 0.4) is 0 Å². The largest absolute Gasteiger partial charge is 0.324 e. The lowest BCUT2D eigenvalue weighted by Gasteiger charge is -2.33. The number of aryl methyl sites for hydroxylation is 2. The lowest BCUT2D eigenvalue weighted by Crippen LogP contribution is -2.50. The van der Waals surface area contributed by atoms with E-state index >= 15 is 0 Å². The van der Waals surface area contributed by atoms with E-state index < -0.39 is 5.54 Å². The Balaban J connectivity index is 1.38. The standard InChI is InChI=1S/C27H26N8O2/c1-3-34-23(18-12-28-15(2)29-13-18)33-22-21(30-14-31-24(22)34)17-7-8-20-19(11-17)27(26(37)32-20)9-4-10-35(27)25(36)16-5-6-16/h7-8,11-14,16H,3-6,9-10H2,1-2H3,(H,32,37)/t27-/m0/s1. The van der Waals surface area contributed by atoms with Gasteiger partial charge in [0.15, 0.2) is 5.65 Å². The van der Waals surface area contributed by atoms with Crippen LogP contribution in [0.1, 0.15) is 44.0 Å². The van der Waals surface area contributed by atoms with Gasteiger partial charge >= 0.3 is 0 Å². The molecule has 2 aliphatic heterocycles. The van der Waals surface area contributed by atoms with Gasteiger partial charge in [-0.3, -0.25) is 9.59 Å². The van der Waals surface area contributed by atoms with Crippen LogP contribution in [0.15, 0.2) is 36.9 Å². The lowest BCUT2D eigenvalue weighted by atomic mass is 9.86. The van der Waals surface area contributed by atoms with E-state index in [1.165, 1.54) is 0 Å². The molecule has 1 spiro atoms. The fourth-order valence-corrected chi connectivity index (χ4v) is 5.85. The Bertz CT molecular complexity index is 1590. The molecule has 10 nitrogen and oxygen atoms in total. The van der Waals surface area contributed by atoms with Gasteiger partial charge in [0.25, 0.3) is 5.91 Å². The fraction of sp³-hybridized carbons (Fsp3) is 0.370. The van der Waals surface area contributed by atoms with Crippen LogP contribution in [0, 0.1) is 12.8 Å². The van der Waals surface area contributed by atoms with Crippen LogP contribution in [0.5, 0.6) is 0 Å². The molecule has 0 unspecified atom stereocenters. The van der Waals surface area contributed by atoms with Crippen molar-refractivity contribution < 1.29 is 9.59 Å². The molecule has 5 heterocycles. The zero-order chi connectivity index (χ0) is 25.3. The third kappa shape index (κ3) is 3.14. The molecule has 10 heteroatoms. The van der Waals surface area contributed by atoms with Crippen LogP contribution in [0.4, 0.5) is 5.69 Å². The van der Waals surface area contributed by atoms with Gasteiger partial charge in [-0.25, -0.2) is 24.9 Å². The summed E-state index contributed by atoms with van der Waals surface area (Å²) in [6.45, 7) is 5.16. The predicted molar refractivity (Wildman–Crippen MR) is 136 cm³/mol. The maximum absolute atomic E-state index is 13.4. The first-order valence-corrected chi connectivity index (χ1v) is 12.8. The molecule has 4 aromatic rings. The predicted octanol–water partition coefficient (Wildman–Crippen LogP) is 3.46. The first-order valence-electron chi connectivity index (χ1n) is 12.8. The van der Waals surface area contributed by atoms with Gasteiger partial charge in [-0.05, 0) is 51.7 Å². The van der Waals surface area contributed by atoms with Crippen LogP contribution in [-0.4, -0.2) is 52.7 Å². The number of carbonyl (C=O) groups is 2. The van der Waals surface area contributed by atoms with E-state index in [1.807, 2.05) is 41.5 Å². The minimum Gasteiger partial charge on any atom is -0.324 e. The molecule has 1 aromatic carbocycles. The van der Waals surface area contributed by atoms with E-state index in [-0.39, 0.29) is 17.7 Å². The number of hydrogen-bond acceptors (Lipinski definition) is 7. The van der Waals surface area contributed by atoms with Crippen molar-refractivity contribution in [2.45, 2.75) is 51.6 Å². The Morgan fingerprint density at radius 3 is 2.70 bits per heavy atom. The van der Waals surface area contributed by atoms with Crippen LogP contribution in [0.25, 0.3) is 33.8 Å². The number of nitrogens with one attached hydrogen (secondary N) is 1. The van der Waals surface area contributed by atoms with Crippen molar-refractivity contribution in [2.24, 2.45) is 5.92 Å². The normalized spacial score (nSPS) is 20.6. The van der Waals surface area contributed by atoms with E-state index in [4.69, 9.17) is 4.98 Å². The summed E-state index contributed by atoms with van der Waals surface area (Å²) in [6.07, 6.45) is 8.33. The summed E-state index contributed by atoms with van der Waals surface area (Å²) in [4.78, 5) is 51.2. The number of fused-ring (bicyclic) bond motifs is 3. The van der Waals surface area contributed by atoms with Crippen molar-refractivity contribution in [2.75, 3.05) is 11.9 Å². The molecule has 2 amide bonds. The number of nitrogens with zero attached hydrogens (tertiary/aromatic N) is 7. The van der Waals surface area contributed by atoms with E-state index in [9.17, 15) is 9.59 Å². The van der Waals surface area contributed by atoms with Crippen LogP contribution >= 0.6 is 0 Å². The number of imidazole rings is 1. The topological polar surface area (TPSA) is 119 Å². The molecule has 3 aliphatic rings. The fourth-order valence-electron chi connectivity index (χ4n) is 5.85. The van der Waals surface area contributed by atoms with Crippen molar-refractivity contribution in [1.82, 2.24) is 34.4 Å². The summed E-state index contributed by atoms with van der Waals surface area (Å²) in [5, 5.41) is 3.04. The number of rotatable bonds is 4. The molecule has 1 saturated carbocycles. The van der Waals surface area contributed by atoms with Gasteiger partial charge in [0.1, 0.15) is 34.7 Å². The van der Waals surface area contributed by atoms with Gasteiger partial charge in [0, 0.05) is 48.2 Å². The van der Waals surface area contributed by atoms with Gasteiger partial charge in [-0.1, -0.05) is 6.07 Å². The second kappa shape index (κ2) is 7.89. The monoisotopic (exact) mass is 494 g/mol. The molecular formula is C27H26N8O2. The minimum atomic E-state index is -0.954. The first kappa shape index (κ1) is 22.0. The Morgan fingerprint density at radius 1 is 1.14 bits per heavy atom. The average molecular weight is 495 g/mol. The molecule has 1 atom stereocenters. The van der Waals surface area contributed by atoms with E-state index in [0.717, 1.165) is 53.1 Å². The SMILES string of the molecule is CCn1c(-c2cnc(C)nc2)nc2c(-c3ccc4c(c3)[C@@]3(CCCN3C(=O)C3CC3)C(=O)N4)ncnc21. The average Bonchev–Trinajstić information content (AvgIpc) is 3.46. The quantitative estimate of drug-likeness (QED) is 0.461. The molecular weight excluding hydrogens is 468 g/mol. The molecule has 2 fully saturated rings. The van der Waals surface area contributed by atoms with Crippen molar-refractivity contribution in [3.63, 3.8) is 0 Å². The number of carbonyl (C=O) groups excluding carboxylic acids is 2. The zero-order valence-corrected chi connectivity index (χ0v) is 20.7. The Morgan fingerprint density at radius 2 is 1.95 bits per heavy atom. The third-order valence-corrected chi connectivity index (χ3v) is 7.82. The summed E-state index contributed by atoms with van der Waals surface area (Å²) in [5.74, 6) is 1.46. The number of aromatic nitrogens is 6. The van der Waals surface area contributed by atoms with E-state index in [0.29, 0.717) is 36.5 Å². The van der Waals surface area contributed by atoms with Gasteiger partial charge < -0.3 is 14.8 Å². The van der Waals surface area contributed by atoms with Gasteiger partial charge in [-0.2, -0.15) is 0 Å². The van der Waals surface area contributed by atoms with Crippen LogP contribution in [0.2, 0.25) is 0 Å². The highest BCUT2D eigenvalue weighted by atomic mass is 16.2. The molecule has 1 saturated heterocycles. The summed E-state index contributed by atoms with van der Waals surface area (Å²) in [6, 6.07) is 5.86. The van der Waals surface area contributed by atoms with Gasteiger partial charge in [0.05, 0.1) is 5.56 Å². The molecule has 1 N–H and O–H groups in total. The lowest BCUT2D eigenvalue weighted by molar-refractivity contribution is -0.143. The summed E-state index contributed by atoms with van der Waals surface area (Å²) in [5.41, 5.74) is 4.36. The van der Waals surface area contributed by atoms with Gasteiger partial charge in [0.2, 0.25) is 5.91 Å². The van der Waals surface area contributed by atoms with Crippen LogP contribution in [-0.2, 0) is 21.7 Å². The Kier molecular flexibility index (Phi) is 4.70. The Hall–Kier alpha value is -4.21. The summed E-state index contributed by atoms with van der Waals surface area (Å²) >= 11 is 0. The molecule has 0 radical (unpaired) electrons. The maximum Gasteiger partial charge on any atom is 0.255 e. The van der Waals surface area contributed by atoms with Crippen molar-refractivity contribution in [1.29, 1.82) is 0 Å². The molecule has 186 valence electrons. The number of amides is 2. The molecule has 0 bridgehead atoms. The zero-order valence-electron chi connectivity index (χ0n) is 20.7. The molecule has 1 aliphatic carbocycles. The second-order valence-electron chi connectivity index (χ2n) is 10.0.